The molecule has 1 heterocycles. The Hall–Kier alpha value is -1.14. The summed E-state index contributed by atoms with van der Waals surface area (Å²) in [6, 6.07) is 4.25. The number of rotatable bonds is 4. The van der Waals surface area contributed by atoms with Crippen LogP contribution in [0.3, 0.4) is 0 Å². The van der Waals surface area contributed by atoms with E-state index in [0.717, 1.165) is 0 Å². The molecular formula is C13H15ClFNO3S. The summed E-state index contributed by atoms with van der Waals surface area (Å²) >= 11 is 5.84. The van der Waals surface area contributed by atoms with Gasteiger partial charge in [-0.2, -0.15) is 0 Å². The van der Waals surface area contributed by atoms with Crippen molar-refractivity contribution in [2.24, 2.45) is 5.92 Å². The number of halogens is 2. The predicted octanol–water partition coefficient (Wildman–Crippen LogP) is 1.57. The predicted molar refractivity (Wildman–Crippen MR) is 74.9 cm³/mol. The molecule has 0 bridgehead atoms. The Balaban J connectivity index is 1.87. The maximum atomic E-state index is 13.5. The Kier molecular flexibility index (Phi) is 4.65. The van der Waals surface area contributed by atoms with Crippen LogP contribution in [0.5, 0.6) is 0 Å². The third-order valence-corrected chi connectivity index (χ3v) is 5.50. The number of carbonyl (C=O) groups excluding carboxylic acids is 1. The van der Waals surface area contributed by atoms with Crippen molar-refractivity contribution in [3.05, 3.63) is 34.6 Å². The molecule has 0 aliphatic carbocycles. The molecule has 0 spiro atoms. The highest BCUT2D eigenvalue weighted by Gasteiger charge is 2.28. The zero-order valence-electron chi connectivity index (χ0n) is 10.7. The van der Waals surface area contributed by atoms with Gasteiger partial charge in [-0.1, -0.05) is 17.7 Å². The van der Waals surface area contributed by atoms with Gasteiger partial charge in [0, 0.05) is 17.1 Å². The first-order valence-corrected chi connectivity index (χ1v) is 8.47. The molecule has 0 radical (unpaired) electrons. The topological polar surface area (TPSA) is 63.2 Å². The first-order chi connectivity index (χ1) is 9.37. The number of sulfone groups is 1. The molecule has 1 N–H and O–H groups in total. The molecule has 20 heavy (non-hydrogen) atoms. The summed E-state index contributed by atoms with van der Waals surface area (Å²) in [5.74, 6) is -0.655. The largest absolute Gasteiger partial charge is 0.356 e. The highest BCUT2D eigenvalue weighted by atomic mass is 35.5. The van der Waals surface area contributed by atoms with E-state index in [1.807, 2.05) is 0 Å². The van der Waals surface area contributed by atoms with Crippen molar-refractivity contribution < 1.29 is 17.6 Å². The molecule has 4 nitrogen and oxygen atoms in total. The second kappa shape index (κ2) is 6.10. The summed E-state index contributed by atoms with van der Waals surface area (Å²) in [5.41, 5.74) is 0.158. The molecule has 1 saturated heterocycles. The van der Waals surface area contributed by atoms with Gasteiger partial charge >= 0.3 is 0 Å². The van der Waals surface area contributed by atoms with Crippen LogP contribution in [0.25, 0.3) is 0 Å². The van der Waals surface area contributed by atoms with Gasteiger partial charge in [-0.05, 0) is 24.5 Å². The summed E-state index contributed by atoms with van der Waals surface area (Å²) in [6.07, 6.45) is 0.411. The van der Waals surface area contributed by atoms with E-state index in [0.29, 0.717) is 13.0 Å². The third-order valence-electron chi connectivity index (χ3n) is 3.31. The molecule has 7 heteroatoms. The Morgan fingerprint density at radius 3 is 2.80 bits per heavy atom. The van der Waals surface area contributed by atoms with Crippen molar-refractivity contribution in [3.8, 4) is 0 Å². The molecule has 1 aliphatic rings. The van der Waals surface area contributed by atoms with Gasteiger partial charge in [0.15, 0.2) is 9.84 Å². The molecule has 0 saturated carbocycles. The smallest absolute Gasteiger partial charge is 0.224 e. The summed E-state index contributed by atoms with van der Waals surface area (Å²) < 4.78 is 36.1. The molecule has 1 fully saturated rings. The van der Waals surface area contributed by atoms with Crippen LogP contribution in [0, 0.1) is 11.7 Å². The van der Waals surface area contributed by atoms with Gasteiger partial charge in [-0.3, -0.25) is 4.79 Å². The van der Waals surface area contributed by atoms with E-state index in [2.05, 4.69) is 5.32 Å². The number of hydrogen-bond acceptors (Lipinski definition) is 3. The molecule has 110 valence electrons. The first-order valence-electron chi connectivity index (χ1n) is 6.27. The quantitative estimate of drug-likeness (QED) is 0.916. The summed E-state index contributed by atoms with van der Waals surface area (Å²) in [5, 5.41) is 2.85. The molecule has 1 amide bonds. The lowest BCUT2D eigenvalue weighted by Crippen LogP contribution is -2.31. The Bertz CT molecular complexity index is 598. The second-order valence-corrected chi connectivity index (χ2v) is 7.59. The van der Waals surface area contributed by atoms with Crippen LogP contribution in [0.1, 0.15) is 12.0 Å². The fraction of sp³-hybridized carbons (Fsp3) is 0.462. The minimum absolute atomic E-state index is 0.0555. The highest BCUT2D eigenvalue weighted by Crippen LogP contribution is 2.20. The number of amides is 1. The van der Waals surface area contributed by atoms with E-state index < -0.39 is 15.7 Å². The maximum Gasteiger partial charge on any atom is 0.224 e. The van der Waals surface area contributed by atoms with Crippen molar-refractivity contribution in [3.63, 3.8) is 0 Å². The fourth-order valence-electron chi connectivity index (χ4n) is 2.22. The van der Waals surface area contributed by atoms with E-state index in [4.69, 9.17) is 11.6 Å². The number of benzene rings is 1. The van der Waals surface area contributed by atoms with Gasteiger partial charge < -0.3 is 5.32 Å². The van der Waals surface area contributed by atoms with E-state index in [1.165, 1.54) is 18.2 Å². The van der Waals surface area contributed by atoms with Crippen molar-refractivity contribution in [2.45, 2.75) is 12.8 Å². The van der Waals surface area contributed by atoms with E-state index in [-0.39, 0.29) is 40.3 Å². The second-order valence-electron chi connectivity index (χ2n) is 4.95. The molecular weight excluding hydrogens is 305 g/mol. The van der Waals surface area contributed by atoms with Gasteiger partial charge in [-0.25, -0.2) is 12.8 Å². The van der Waals surface area contributed by atoms with E-state index in [1.54, 1.807) is 0 Å². The zero-order chi connectivity index (χ0) is 14.8. The molecule has 1 atom stereocenters. The number of nitrogens with one attached hydrogen (secondary N) is 1. The average molecular weight is 320 g/mol. The number of carbonyl (C=O) groups is 1. The van der Waals surface area contributed by atoms with Gasteiger partial charge in [0.1, 0.15) is 5.82 Å². The Labute approximate surface area is 122 Å². The molecule has 1 aromatic carbocycles. The van der Waals surface area contributed by atoms with Crippen molar-refractivity contribution >= 4 is 27.3 Å². The Morgan fingerprint density at radius 2 is 2.20 bits per heavy atom. The molecule has 1 unspecified atom stereocenters. The lowest BCUT2D eigenvalue weighted by Gasteiger charge is -2.10. The van der Waals surface area contributed by atoms with Gasteiger partial charge in [-0.15, -0.1) is 0 Å². The number of hydrogen-bond donors (Lipinski definition) is 1. The van der Waals surface area contributed by atoms with E-state index >= 15 is 0 Å². The van der Waals surface area contributed by atoms with Crippen molar-refractivity contribution in [1.29, 1.82) is 0 Å². The zero-order valence-corrected chi connectivity index (χ0v) is 12.3. The van der Waals surface area contributed by atoms with E-state index in [9.17, 15) is 17.6 Å². The van der Waals surface area contributed by atoms with Gasteiger partial charge in [0.05, 0.1) is 17.9 Å². The normalized spacial score (nSPS) is 20.8. The summed E-state index contributed by atoms with van der Waals surface area (Å²) in [7, 11) is -2.95. The molecule has 1 aliphatic heterocycles. The van der Waals surface area contributed by atoms with Crippen LogP contribution in [0.15, 0.2) is 18.2 Å². The monoisotopic (exact) mass is 319 g/mol. The van der Waals surface area contributed by atoms with Crippen molar-refractivity contribution in [1.82, 2.24) is 5.32 Å². The Morgan fingerprint density at radius 1 is 1.45 bits per heavy atom. The molecule has 0 aromatic heterocycles. The SMILES string of the molecule is O=C(Cc1c(F)cccc1Cl)NCC1CCS(=O)(=O)C1. The van der Waals surface area contributed by atoms with Crippen LogP contribution < -0.4 is 5.32 Å². The lowest BCUT2D eigenvalue weighted by atomic mass is 10.1. The average Bonchev–Trinajstić information content (AvgIpc) is 2.71. The van der Waals surface area contributed by atoms with Crippen LogP contribution in [-0.2, 0) is 21.1 Å². The van der Waals surface area contributed by atoms with Crippen LogP contribution in [0.2, 0.25) is 5.02 Å². The third kappa shape index (κ3) is 3.93. The lowest BCUT2D eigenvalue weighted by molar-refractivity contribution is -0.120. The minimum Gasteiger partial charge on any atom is -0.356 e. The van der Waals surface area contributed by atoms with Gasteiger partial charge in [0.2, 0.25) is 5.91 Å². The maximum absolute atomic E-state index is 13.5. The minimum atomic E-state index is -2.95. The molecule has 2 rings (SSSR count). The fourth-order valence-corrected chi connectivity index (χ4v) is 4.31. The molecule has 1 aromatic rings. The first kappa shape index (κ1) is 15.3. The summed E-state index contributed by atoms with van der Waals surface area (Å²) in [4.78, 5) is 11.7. The van der Waals surface area contributed by atoms with Crippen molar-refractivity contribution in [2.75, 3.05) is 18.1 Å². The van der Waals surface area contributed by atoms with Crippen LogP contribution >= 0.6 is 11.6 Å². The summed E-state index contributed by atoms with van der Waals surface area (Å²) in [6.45, 7) is 0.296. The standard InChI is InChI=1S/C13H15ClFNO3S/c14-11-2-1-3-12(15)10(11)6-13(17)16-7-9-4-5-20(18,19)8-9/h1-3,9H,4-8H2,(H,16,17). The van der Waals surface area contributed by atoms with Crippen LogP contribution in [0.4, 0.5) is 4.39 Å². The highest BCUT2D eigenvalue weighted by molar-refractivity contribution is 7.91. The van der Waals surface area contributed by atoms with Gasteiger partial charge in [0.25, 0.3) is 0 Å². The van der Waals surface area contributed by atoms with Crippen LogP contribution in [-0.4, -0.2) is 32.4 Å².